The maximum Gasteiger partial charge on any atom is 0.227 e. The molecule has 0 aliphatic carbocycles. The van der Waals surface area contributed by atoms with E-state index in [2.05, 4.69) is 9.88 Å². The van der Waals surface area contributed by atoms with Crippen LogP contribution in [0.15, 0.2) is 18.3 Å². The predicted octanol–water partition coefficient (Wildman–Crippen LogP) is 2.53. The Hall–Kier alpha value is -0.940. The number of piperidine rings is 1. The van der Waals surface area contributed by atoms with Crippen LogP contribution in [-0.4, -0.2) is 53.5 Å². The van der Waals surface area contributed by atoms with E-state index in [0.29, 0.717) is 10.9 Å². The molecule has 1 amide bonds. The van der Waals surface area contributed by atoms with Gasteiger partial charge >= 0.3 is 0 Å². The Morgan fingerprint density at radius 1 is 1.33 bits per heavy atom. The number of halogens is 1. The summed E-state index contributed by atoms with van der Waals surface area (Å²) in [6.45, 7) is 3.45. The number of nitrogens with zero attached hydrogens (tertiary/aromatic N) is 3. The number of hydrogen-bond donors (Lipinski definition) is 0. The molecule has 21 heavy (non-hydrogen) atoms. The van der Waals surface area contributed by atoms with E-state index < -0.39 is 0 Å². The van der Waals surface area contributed by atoms with E-state index in [0.717, 1.165) is 56.3 Å². The zero-order valence-corrected chi connectivity index (χ0v) is 13.6. The van der Waals surface area contributed by atoms with Gasteiger partial charge in [-0.1, -0.05) is 11.6 Å². The SMILES string of the molecule is O=C(C1CCCN(c2ncccc2Cl)C1)N1CCSCC1. The lowest BCUT2D eigenvalue weighted by molar-refractivity contribution is -0.135. The lowest BCUT2D eigenvalue weighted by Crippen LogP contribution is -2.47. The standard InChI is InChI=1S/C15H20ClN3OS/c16-13-4-1-5-17-14(13)19-6-2-3-12(11-19)15(20)18-7-9-21-10-8-18/h1,4-5,12H,2-3,6-11H2. The van der Waals surface area contributed by atoms with Crippen molar-refractivity contribution in [1.29, 1.82) is 0 Å². The summed E-state index contributed by atoms with van der Waals surface area (Å²) in [4.78, 5) is 21.2. The molecular formula is C15H20ClN3OS. The molecule has 0 N–H and O–H groups in total. The summed E-state index contributed by atoms with van der Waals surface area (Å²) in [5.41, 5.74) is 0. The molecule has 3 heterocycles. The molecule has 114 valence electrons. The molecule has 0 aromatic carbocycles. The fourth-order valence-electron chi connectivity index (χ4n) is 3.02. The molecule has 1 unspecified atom stereocenters. The molecule has 2 aliphatic rings. The summed E-state index contributed by atoms with van der Waals surface area (Å²) in [5.74, 6) is 3.33. The minimum atomic E-state index is 0.0833. The molecule has 3 rings (SSSR count). The van der Waals surface area contributed by atoms with Gasteiger partial charge in [-0.2, -0.15) is 11.8 Å². The van der Waals surface area contributed by atoms with Crippen LogP contribution in [0.2, 0.25) is 5.02 Å². The van der Waals surface area contributed by atoms with E-state index in [4.69, 9.17) is 11.6 Å². The monoisotopic (exact) mass is 325 g/mol. The van der Waals surface area contributed by atoms with Gasteiger partial charge in [0.1, 0.15) is 5.82 Å². The van der Waals surface area contributed by atoms with E-state index in [1.54, 1.807) is 6.20 Å². The van der Waals surface area contributed by atoms with Crippen LogP contribution in [-0.2, 0) is 4.79 Å². The predicted molar refractivity (Wildman–Crippen MR) is 88.1 cm³/mol. The Morgan fingerprint density at radius 3 is 2.90 bits per heavy atom. The number of amides is 1. The number of carbonyl (C=O) groups is 1. The van der Waals surface area contributed by atoms with Crippen LogP contribution in [0.3, 0.4) is 0 Å². The van der Waals surface area contributed by atoms with Crippen LogP contribution >= 0.6 is 23.4 Å². The normalized spacial score (nSPS) is 23.2. The lowest BCUT2D eigenvalue weighted by atomic mass is 9.96. The van der Waals surface area contributed by atoms with Gasteiger partial charge in [-0.3, -0.25) is 4.79 Å². The van der Waals surface area contributed by atoms with E-state index in [9.17, 15) is 4.79 Å². The number of hydrogen-bond acceptors (Lipinski definition) is 4. The summed E-state index contributed by atoms with van der Waals surface area (Å²) >= 11 is 8.16. The Bertz CT molecular complexity index is 507. The number of rotatable bonds is 2. The van der Waals surface area contributed by atoms with Crippen LogP contribution in [0.1, 0.15) is 12.8 Å². The van der Waals surface area contributed by atoms with Crippen molar-refractivity contribution in [3.05, 3.63) is 23.4 Å². The minimum Gasteiger partial charge on any atom is -0.355 e. The van der Waals surface area contributed by atoms with Crippen molar-refractivity contribution in [2.45, 2.75) is 12.8 Å². The average molecular weight is 326 g/mol. The quantitative estimate of drug-likeness (QED) is 0.837. The Kier molecular flexibility index (Phi) is 4.91. The number of thioether (sulfide) groups is 1. The molecule has 2 fully saturated rings. The maximum atomic E-state index is 12.7. The fourth-order valence-corrected chi connectivity index (χ4v) is 4.17. The highest BCUT2D eigenvalue weighted by Crippen LogP contribution is 2.28. The van der Waals surface area contributed by atoms with Gasteiger partial charge in [0.05, 0.1) is 10.9 Å². The molecule has 0 radical (unpaired) electrons. The van der Waals surface area contributed by atoms with E-state index in [1.165, 1.54) is 0 Å². The molecule has 1 aromatic rings. The topological polar surface area (TPSA) is 36.4 Å². The summed E-state index contributed by atoms with van der Waals surface area (Å²) in [5, 5.41) is 0.667. The van der Waals surface area contributed by atoms with Crippen LogP contribution in [0.4, 0.5) is 5.82 Å². The summed E-state index contributed by atoms with van der Waals surface area (Å²) < 4.78 is 0. The van der Waals surface area contributed by atoms with Crippen molar-refractivity contribution in [3.63, 3.8) is 0 Å². The lowest BCUT2D eigenvalue weighted by Gasteiger charge is -2.36. The zero-order chi connectivity index (χ0) is 14.7. The van der Waals surface area contributed by atoms with Crippen LogP contribution in [0.5, 0.6) is 0 Å². The van der Waals surface area contributed by atoms with Crippen molar-refractivity contribution in [1.82, 2.24) is 9.88 Å². The van der Waals surface area contributed by atoms with Gasteiger partial charge in [-0.25, -0.2) is 4.98 Å². The highest BCUT2D eigenvalue weighted by molar-refractivity contribution is 7.99. The first-order valence-electron chi connectivity index (χ1n) is 7.47. The van der Waals surface area contributed by atoms with Gasteiger partial charge < -0.3 is 9.80 Å². The summed E-state index contributed by atoms with van der Waals surface area (Å²) in [6, 6.07) is 3.70. The Morgan fingerprint density at radius 2 is 2.14 bits per heavy atom. The Labute approximate surface area is 134 Å². The molecular weight excluding hydrogens is 306 g/mol. The molecule has 1 atom stereocenters. The Balaban J connectivity index is 1.68. The highest BCUT2D eigenvalue weighted by Gasteiger charge is 2.30. The van der Waals surface area contributed by atoms with Gasteiger partial charge in [-0.15, -0.1) is 0 Å². The van der Waals surface area contributed by atoms with Crippen molar-refractivity contribution in [2.75, 3.05) is 42.6 Å². The van der Waals surface area contributed by atoms with E-state index in [-0.39, 0.29) is 5.92 Å². The summed E-state index contributed by atoms with van der Waals surface area (Å²) in [6.07, 6.45) is 3.75. The molecule has 0 spiro atoms. The first-order chi connectivity index (χ1) is 10.3. The second-order valence-electron chi connectivity index (χ2n) is 5.53. The van der Waals surface area contributed by atoms with Gasteiger partial charge in [0, 0.05) is 43.9 Å². The highest BCUT2D eigenvalue weighted by atomic mass is 35.5. The van der Waals surface area contributed by atoms with E-state index >= 15 is 0 Å². The second kappa shape index (κ2) is 6.88. The molecule has 0 saturated carbocycles. The van der Waals surface area contributed by atoms with Gasteiger partial charge in [-0.05, 0) is 25.0 Å². The van der Waals surface area contributed by atoms with Crippen LogP contribution in [0, 0.1) is 5.92 Å². The first kappa shape index (κ1) is 15.0. The number of anilines is 1. The van der Waals surface area contributed by atoms with Crippen molar-refractivity contribution in [3.8, 4) is 0 Å². The van der Waals surface area contributed by atoms with Crippen molar-refractivity contribution >= 4 is 35.1 Å². The fraction of sp³-hybridized carbons (Fsp3) is 0.600. The average Bonchev–Trinajstić information content (AvgIpc) is 2.55. The van der Waals surface area contributed by atoms with Crippen LogP contribution < -0.4 is 4.90 Å². The number of pyridine rings is 1. The molecule has 2 saturated heterocycles. The summed E-state index contributed by atoms with van der Waals surface area (Å²) in [7, 11) is 0. The van der Waals surface area contributed by atoms with Gasteiger partial charge in [0.25, 0.3) is 0 Å². The van der Waals surface area contributed by atoms with Crippen LogP contribution in [0.25, 0.3) is 0 Å². The third-order valence-corrected chi connectivity index (χ3v) is 5.37. The molecule has 1 aromatic heterocycles. The number of aromatic nitrogens is 1. The zero-order valence-electron chi connectivity index (χ0n) is 12.0. The largest absolute Gasteiger partial charge is 0.355 e. The molecule has 6 heteroatoms. The molecule has 0 bridgehead atoms. The smallest absolute Gasteiger partial charge is 0.227 e. The first-order valence-corrected chi connectivity index (χ1v) is 9.01. The van der Waals surface area contributed by atoms with E-state index in [1.807, 2.05) is 28.8 Å². The molecule has 2 aliphatic heterocycles. The third kappa shape index (κ3) is 3.46. The van der Waals surface area contributed by atoms with Crippen molar-refractivity contribution in [2.24, 2.45) is 5.92 Å². The second-order valence-corrected chi connectivity index (χ2v) is 7.16. The van der Waals surface area contributed by atoms with Gasteiger partial charge in [0.2, 0.25) is 5.91 Å². The van der Waals surface area contributed by atoms with Crippen molar-refractivity contribution < 1.29 is 4.79 Å². The number of carbonyl (C=O) groups excluding carboxylic acids is 1. The van der Waals surface area contributed by atoms with Gasteiger partial charge in [0.15, 0.2) is 0 Å². The minimum absolute atomic E-state index is 0.0833. The third-order valence-electron chi connectivity index (χ3n) is 4.13. The maximum absolute atomic E-state index is 12.7. The molecule has 4 nitrogen and oxygen atoms in total.